The fraction of sp³-hybridized carbons (Fsp3) is 0.577. The Balaban J connectivity index is 0.00000722. The highest BCUT2D eigenvalue weighted by Crippen LogP contribution is 2.33. The van der Waals surface area contributed by atoms with Crippen LogP contribution in [0.2, 0.25) is 0 Å². The van der Waals surface area contributed by atoms with Crippen LogP contribution in [0, 0.1) is 0 Å². The van der Waals surface area contributed by atoms with Crippen molar-refractivity contribution in [3.63, 3.8) is 0 Å². The van der Waals surface area contributed by atoms with E-state index in [2.05, 4.69) is 15.6 Å². The third kappa shape index (κ3) is 8.98. The number of rotatable bonds is 15. The molecule has 12 heteroatoms. The molecule has 212 valence electrons. The molecule has 11 nitrogen and oxygen atoms in total. The number of carbonyl (C=O) groups is 4. The monoisotopic (exact) mass is 552 g/mol. The summed E-state index contributed by atoms with van der Waals surface area (Å²) < 4.78 is 5.05. The van der Waals surface area contributed by atoms with Crippen LogP contribution in [0.5, 0.6) is 0 Å². The van der Waals surface area contributed by atoms with Gasteiger partial charge in [-0.05, 0) is 64.1 Å². The van der Waals surface area contributed by atoms with Crippen LogP contribution in [0.4, 0.5) is 4.79 Å². The molecule has 0 aliphatic carbocycles. The zero-order chi connectivity index (χ0) is 27.3. The van der Waals surface area contributed by atoms with E-state index in [1.165, 1.54) is 0 Å². The van der Waals surface area contributed by atoms with Gasteiger partial charge in [-0.15, -0.1) is 12.4 Å². The summed E-state index contributed by atoms with van der Waals surface area (Å²) in [4.78, 5) is 58.0. The van der Waals surface area contributed by atoms with E-state index in [0.717, 1.165) is 12.0 Å². The molecule has 1 aromatic rings. The Hall–Kier alpha value is -3.18. The molecule has 1 saturated heterocycles. The topological polar surface area (TPSA) is 169 Å². The Bertz CT molecular complexity index is 943. The number of Topliss-reactive ketones (excluding diaryl/α,β-unsaturated/α-hetero) is 1. The molecular formula is C26H41ClN6O5. The van der Waals surface area contributed by atoms with E-state index in [1.807, 2.05) is 42.2 Å². The second kappa shape index (κ2) is 16.6. The Kier molecular flexibility index (Phi) is 14.4. The van der Waals surface area contributed by atoms with Crippen molar-refractivity contribution in [2.24, 2.45) is 16.5 Å². The van der Waals surface area contributed by atoms with Crippen LogP contribution in [-0.2, 0) is 25.5 Å². The number of likely N-dealkylation sites (tertiary alicyclic amines) is 1. The summed E-state index contributed by atoms with van der Waals surface area (Å²) in [6, 6.07) is 7.47. The molecule has 6 N–H and O–H groups in total. The third-order valence-electron chi connectivity index (χ3n) is 6.40. The van der Waals surface area contributed by atoms with Gasteiger partial charge in [0.2, 0.25) is 5.91 Å². The number of guanidine groups is 1. The SMILES string of the molecule is CCCN1CCC[C@]1(C(=O)N[C@H](C=O)CCCN=C(N)N)C(=O)[C@@H](Cc1ccccc1)NC(=O)OCC.Cl. The minimum atomic E-state index is -1.52. The number of benzene rings is 1. The molecule has 1 aliphatic heterocycles. The molecule has 1 aromatic carbocycles. The normalized spacial score (nSPS) is 18.4. The van der Waals surface area contributed by atoms with Crippen LogP contribution in [0.15, 0.2) is 35.3 Å². The molecule has 0 unspecified atom stereocenters. The summed E-state index contributed by atoms with van der Waals surface area (Å²) in [6.45, 7) is 5.19. The predicted molar refractivity (Wildman–Crippen MR) is 148 cm³/mol. The van der Waals surface area contributed by atoms with Gasteiger partial charge in [0.05, 0.1) is 18.7 Å². The quantitative estimate of drug-likeness (QED) is 0.0829. The number of nitrogens with zero attached hydrogens (tertiary/aromatic N) is 2. The molecule has 0 aromatic heterocycles. The molecule has 2 amide bonds. The summed E-state index contributed by atoms with van der Waals surface area (Å²) in [5.41, 5.74) is 10.0. The number of hydrogen-bond donors (Lipinski definition) is 4. The first-order valence-corrected chi connectivity index (χ1v) is 12.9. The molecule has 1 fully saturated rings. The molecule has 1 aliphatic rings. The highest BCUT2D eigenvalue weighted by atomic mass is 35.5. The largest absolute Gasteiger partial charge is 0.450 e. The second-order valence-corrected chi connectivity index (χ2v) is 9.09. The molecule has 0 saturated carbocycles. The summed E-state index contributed by atoms with van der Waals surface area (Å²) in [6.07, 6.45) is 2.57. The average Bonchev–Trinajstić information content (AvgIpc) is 3.30. The minimum absolute atomic E-state index is 0. The highest BCUT2D eigenvalue weighted by Gasteiger charge is 2.55. The Morgan fingerprint density at radius 3 is 2.50 bits per heavy atom. The predicted octanol–water partition coefficient (Wildman–Crippen LogP) is 1.32. The molecular weight excluding hydrogens is 512 g/mol. The van der Waals surface area contributed by atoms with E-state index in [4.69, 9.17) is 16.2 Å². The molecule has 1 heterocycles. The fourth-order valence-corrected chi connectivity index (χ4v) is 4.74. The first kappa shape index (κ1) is 32.8. The molecule has 2 rings (SSSR count). The van der Waals surface area contributed by atoms with Crippen LogP contribution in [0.1, 0.15) is 51.5 Å². The second-order valence-electron chi connectivity index (χ2n) is 9.09. The van der Waals surface area contributed by atoms with Crippen molar-refractivity contribution >= 4 is 42.4 Å². The number of amides is 2. The van der Waals surface area contributed by atoms with E-state index >= 15 is 0 Å². The average molecular weight is 553 g/mol. The number of carbonyl (C=O) groups excluding carboxylic acids is 4. The van der Waals surface area contributed by atoms with E-state index in [9.17, 15) is 19.2 Å². The fourth-order valence-electron chi connectivity index (χ4n) is 4.74. The first-order valence-electron chi connectivity index (χ1n) is 12.9. The van der Waals surface area contributed by atoms with Gasteiger partial charge in [0.15, 0.2) is 17.3 Å². The van der Waals surface area contributed by atoms with Crippen LogP contribution < -0.4 is 22.1 Å². The Morgan fingerprint density at radius 2 is 1.89 bits per heavy atom. The van der Waals surface area contributed by atoms with Crippen molar-refractivity contribution < 1.29 is 23.9 Å². The lowest BCUT2D eigenvalue weighted by Crippen LogP contribution is -2.66. The number of ketones is 1. The zero-order valence-corrected chi connectivity index (χ0v) is 23.0. The van der Waals surface area contributed by atoms with Crippen LogP contribution in [0.3, 0.4) is 0 Å². The van der Waals surface area contributed by atoms with E-state index in [-0.39, 0.29) is 37.8 Å². The van der Waals surface area contributed by atoms with Crippen molar-refractivity contribution in [2.45, 2.75) is 70.0 Å². The van der Waals surface area contributed by atoms with Gasteiger partial charge >= 0.3 is 6.09 Å². The maximum atomic E-state index is 14.2. The Morgan fingerprint density at radius 1 is 1.18 bits per heavy atom. The van der Waals surface area contributed by atoms with Crippen LogP contribution >= 0.6 is 12.4 Å². The van der Waals surface area contributed by atoms with Crippen molar-refractivity contribution in [1.29, 1.82) is 0 Å². The number of nitrogens with two attached hydrogens (primary N) is 2. The van der Waals surface area contributed by atoms with Crippen molar-refractivity contribution in [1.82, 2.24) is 15.5 Å². The van der Waals surface area contributed by atoms with Gasteiger partial charge in [-0.25, -0.2) is 4.79 Å². The van der Waals surface area contributed by atoms with Gasteiger partial charge in [-0.2, -0.15) is 0 Å². The number of hydrogen-bond acceptors (Lipinski definition) is 7. The van der Waals surface area contributed by atoms with Gasteiger partial charge in [0, 0.05) is 6.54 Å². The lowest BCUT2D eigenvalue weighted by molar-refractivity contribution is -0.145. The number of ether oxygens (including phenoxy) is 1. The molecule has 38 heavy (non-hydrogen) atoms. The lowest BCUT2D eigenvalue weighted by Gasteiger charge is -2.38. The van der Waals surface area contributed by atoms with E-state index < -0.39 is 35.4 Å². The summed E-state index contributed by atoms with van der Waals surface area (Å²) in [5.74, 6) is -1.000. The molecule has 0 bridgehead atoms. The maximum absolute atomic E-state index is 14.2. The van der Waals surface area contributed by atoms with Crippen molar-refractivity contribution in [3.8, 4) is 0 Å². The van der Waals surface area contributed by atoms with Gasteiger partial charge < -0.3 is 31.6 Å². The van der Waals surface area contributed by atoms with Crippen molar-refractivity contribution in [2.75, 3.05) is 26.2 Å². The van der Waals surface area contributed by atoms with Crippen LogP contribution in [-0.4, -0.2) is 78.8 Å². The standard InChI is InChI=1S/C26H40N6O5.ClH/c1-3-15-32-16-9-13-26(32,23(35)30-20(18-33)12-8-14-29-24(27)28)22(34)21(31-25(36)37-4-2)17-19-10-6-5-7-11-19;/h5-7,10-11,18,20-21H,3-4,8-9,12-17H2,1-2H3,(H,30,35)(H,31,36)(H4,27,28,29);1H/t20-,21+,26+;/m0./s1. The first-order chi connectivity index (χ1) is 17.8. The van der Waals surface area contributed by atoms with Crippen LogP contribution in [0.25, 0.3) is 0 Å². The molecule has 0 radical (unpaired) electrons. The van der Waals surface area contributed by atoms with Gasteiger partial charge in [-0.3, -0.25) is 19.5 Å². The number of alkyl carbamates (subject to hydrolysis) is 1. The number of halogens is 1. The minimum Gasteiger partial charge on any atom is -0.450 e. The van der Waals surface area contributed by atoms with Gasteiger partial charge in [0.1, 0.15) is 6.29 Å². The third-order valence-corrected chi connectivity index (χ3v) is 6.40. The van der Waals surface area contributed by atoms with Gasteiger partial charge in [-0.1, -0.05) is 37.3 Å². The smallest absolute Gasteiger partial charge is 0.407 e. The number of aliphatic imine (C=N–C) groups is 1. The summed E-state index contributed by atoms with van der Waals surface area (Å²) >= 11 is 0. The maximum Gasteiger partial charge on any atom is 0.407 e. The summed E-state index contributed by atoms with van der Waals surface area (Å²) in [5, 5.41) is 5.46. The summed E-state index contributed by atoms with van der Waals surface area (Å²) in [7, 11) is 0. The Labute approximate surface area is 230 Å². The molecule has 0 spiro atoms. The van der Waals surface area contributed by atoms with E-state index in [0.29, 0.717) is 45.2 Å². The van der Waals surface area contributed by atoms with Gasteiger partial charge in [0.25, 0.3) is 0 Å². The zero-order valence-electron chi connectivity index (χ0n) is 22.2. The molecule has 3 atom stereocenters. The highest BCUT2D eigenvalue weighted by molar-refractivity contribution is 6.14. The lowest BCUT2D eigenvalue weighted by atomic mass is 9.83. The van der Waals surface area contributed by atoms with Crippen molar-refractivity contribution in [3.05, 3.63) is 35.9 Å². The van der Waals surface area contributed by atoms with E-state index in [1.54, 1.807) is 6.92 Å². The number of nitrogens with one attached hydrogen (secondary N) is 2. The number of aldehydes is 1.